The summed E-state index contributed by atoms with van der Waals surface area (Å²) in [7, 11) is 0. The lowest BCUT2D eigenvalue weighted by atomic mass is 9.88. The van der Waals surface area contributed by atoms with E-state index in [0.29, 0.717) is 10.6 Å². The highest BCUT2D eigenvalue weighted by molar-refractivity contribution is 6.31. The number of aryl methyl sites for hydroxylation is 1. The normalized spacial score (nSPS) is 13.5. The van der Waals surface area contributed by atoms with Crippen molar-refractivity contribution >= 4 is 17.4 Å². The monoisotopic (exact) mass is 309 g/mol. The number of benzene rings is 1. The molecule has 0 spiro atoms. The zero-order chi connectivity index (χ0) is 16.2. The Hall–Kier alpha value is -0.860. The molecule has 0 heterocycles. The summed E-state index contributed by atoms with van der Waals surface area (Å²) >= 11 is 6.16. The molecule has 0 fully saturated rings. The zero-order valence-corrected chi connectivity index (χ0v) is 14.8. The van der Waals surface area contributed by atoms with E-state index in [9.17, 15) is 4.79 Å². The summed E-state index contributed by atoms with van der Waals surface area (Å²) < 4.78 is 0. The van der Waals surface area contributed by atoms with Crippen molar-refractivity contribution in [1.82, 2.24) is 5.32 Å². The van der Waals surface area contributed by atoms with Crippen molar-refractivity contribution in [3.05, 3.63) is 34.3 Å². The van der Waals surface area contributed by atoms with E-state index in [-0.39, 0.29) is 23.3 Å². The first-order valence-electron chi connectivity index (χ1n) is 7.82. The molecule has 1 unspecified atom stereocenters. The summed E-state index contributed by atoms with van der Waals surface area (Å²) in [5, 5.41) is 4.22. The first kappa shape index (κ1) is 18.2. The van der Waals surface area contributed by atoms with Gasteiger partial charge < -0.3 is 5.32 Å². The number of hydrogen-bond donors (Lipinski definition) is 1. The summed E-state index contributed by atoms with van der Waals surface area (Å²) in [4.78, 5) is 12.8. The van der Waals surface area contributed by atoms with Crippen LogP contribution in [0.2, 0.25) is 5.02 Å². The Balaban J connectivity index is 3.05. The zero-order valence-electron chi connectivity index (χ0n) is 14.1. The second-order valence-electron chi connectivity index (χ2n) is 6.46. The maximum absolute atomic E-state index is 12.8. The number of rotatable bonds is 7. The predicted octanol–water partition coefficient (Wildman–Crippen LogP) is 5.02. The molecule has 0 saturated heterocycles. The van der Waals surface area contributed by atoms with E-state index in [1.54, 1.807) is 6.07 Å². The van der Waals surface area contributed by atoms with Gasteiger partial charge in [-0.3, -0.25) is 4.79 Å². The molecule has 0 bridgehead atoms. The van der Waals surface area contributed by atoms with Crippen LogP contribution in [0.25, 0.3) is 0 Å². The standard InChI is InChI=1S/C18H28ClNO/c1-7-18(6,8-2)20-16(12(3)4)17(21)14-10-9-13(5)15(19)11-14/h9-12,16,20H,7-8H2,1-6H3. The van der Waals surface area contributed by atoms with Gasteiger partial charge in [0.2, 0.25) is 0 Å². The van der Waals surface area contributed by atoms with Gasteiger partial charge in [-0.1, -0.05) is 51.4 Å². The second-order valence-corrected chi connectivity index (χ2v) is 6.87. The minimum absolute atomic E-state index is 0.0148. The van der Waals surface area contributed by atoms with Crippen LogP contribution in [0.1, 0.15) is 63.4 Å². The van der Waals surface area contributed by atoms with E-state index in [4.69, 9.17) is 11.6 Å². The van der Waals surface area contributed by atoms with Crippen molar-refractivity contribution < 1.29 is 4.79 Å². The number of ketones is 1. The number of carbonyl (C=O) groups is 1. The van der Waals surface area contributed by atoms with Gasteiger partial charge in [0.1, 0.15) is 0 Å². The lowest BCUT2D eigenvalue weighted by Crippen LogP contribution is -2.53. The number of halogens is 1. The van der Waals surface area contributed by atoms with Crippen LogP contribution in [0.3, 0.4) is 0 Å². The van der Waals surface area contributed by atoms with Crippen LogP contribution in [-0.4, -0.2) is 17.4 Å². The molecule has 0 amide bonds. The molecule has 0 aliphatic carbocycles. The van der Waals surface area contributed by atoms with Gasteiger partial charge in [-0.05, 0) is 44.2 Å². The lowest BCUT2D eigenvalue weighted by molar-refractivity contribution is 0.0883. The van der Waals surface area contributed by atoms with Crippen LogP contribution in [0.4, 0.5) is 0 Å². The third-order valence-electron chi connectivity index (χ3n) is 4.47. The van der Waals surface area contributed by atoms with Gasteiger partial charge in [0, 0.05) is 16.1 Å². The van der Waals surface area contributed by atoms with Crippen molar-refractivity contribution in [1.29, 1.82) is 0 Å². The number of Topliss-reactive ketones (excluding diaryl/α,β-unsaturated/α-hetero) is 1. The Kier molecular flexibility index (Phi) is 6.42. The van der Waals surface area contributed by atoms with Gasteiger partial charge in [0.15, 0.2) is 5.78 Å². The predicted molar refractivity (Wildman–Crippen MR) is 91.3 cm³/mol. The van der Waals surface area contributed by atoms with Crippen molar-refractivity contribution in [2.24, 2.45) is 5.92 Å². The van der Waals surface area contributed by atoms with E-state index in [1.807, 2.05) is 19.1 Å². The van der Waals surface area contributed by atoms with Crippen molar-refractivity contribution in [2.75, 3.05) is 0 Å². The lowest BCUT2D eigenvalue weighted by Gasteiger charge is -2.35. The average Bonchev–Trinajstić information content (AvgIpc) is 2.46. The Morgan fingerprint density at radius 3 is 2.29 bits per heavy atom. The molecule has 118 valence electrons. The molecule has 21 heavy (non-hydrogen) atoms. The molecule has 1 N–H and O–H groups in total. The molecular weight excluding hydrogens is 282 g/mol. The average molecular weight is 310 g/mol. The topological polar surface area (TPSA) is 29.1 Å². The Labute approximate surface area is 134 Å². The summed E-state index contributed by atoms with van der Waals surface area (Å²) in [6, 6.07) is 5.38. The SMILES string of the molecule is CCC(C)(CC)NC(C(=O)c1ccc(C)c(Cl)c1)C(C)C. The molecule has 2 nitrogen and oxygen atoms in total. The van der Waals surface area contributed by atoms with Crippen molar-refractivity contribution in [2.45, 2.75) is 66.0 Å². The van der Waals surface area contributed by atoms with Gasteiger partial charge in [0.25, 0.3) is 0 Å². The van der Waals surface area contributed by atoms with E-state index in [1.165, 1.54) is 0 Å². The molecule has 1 aromatic carbocycles. The maximum atomic E-state index is 12.8. The van der Waals surface area contributed by atoms with E-state index >= 15 is 0 Å². The highest BCUT2D eigenvalue weighted by atomic mass is 35.5. The van der Waals surface area contributed by atoms with Crippen LogP contribution in [0, 0.1) is 12.8 Å². The third-order valence-corrected chi connectivity index (χ3v) is 4.88. The van der Waals surface area contributed by atoms with Crippen LogP contribution in [0.5, 0.6) is 0 Å². The van der Waals surface area contributed by atoms with Crippen molar-refractivity contribution in [3.63, 3.8) is 0 Å². The molecule has 0 radical (unpaired) electrons. The number of hydrogen-bond acceptors (Lipinski definition) is 2. The Bertz CT molecular complexity index is 492. The number of carbonyl (C=O) groups excluding carboxylic acids is 1. The van der Waals surface area contributed by atoms with Gasteiger partial charge in [-0.25, -0.2) is 0 Å². The van der Waals surface area contributed by atoms with Crippen LogP contribution in [-0.2, 0) is 0 Å². The molecule has 3 heteroatoms. The van der Waals surface area contributed by atoms with E-state index in [2.05, 4.69) is 39.9 Å². The summed E-state index contributed by atoms with van der Waals surface area (Å²) in [6.45, 7) is 12.6. The van der Waals surface area contributed by atoms with Crippen molar-refractivity contribution in [3.8, 4) is 0 Å². The van der Waals surface area contributed by atoms with Gasteiger partial charge in [0.05, 0.1) is 6.04 Å². The third kappa shape index (κ3) is 4.55. The number of nitrogens with one attached hydrogen (secondary N) is 1. The minimum atomic E-state index is -0.186. The van der Waals surface area contributed by atoms with Crippen LogP contribution >= 0.6 is 11.6 Å². The fourth-order valence-electron chi connectivity index (χ4n) is 2.29. The van der Waals surface area contributed by atoms with Gasteiger partial charge in [-0.2, -0.15) is 0 Å². The first-order valence-corrected chi connectivity index (χ1v) is 8.20. The molecule has 0 aliphatic heterocycles. The Morgan fingerprint density at radius 1 is 1.29 bits per heavy atom. The quantitative estimate of drug-likeness (QED) is 0.716. The molecular formula is C18H28ClNO. The molecule has 1 atom stereocenters. The molecule has 1 aromatic rings. The maximum Gasteiger partial charge on any atom is 0.180 e. The first-order chi connectivity index (χ1) is 9.74. The molecule has 0 saturated carbocycles. The van der Waals surface area contributed by atoms with Gasteiger partial charge >= 0.3 is 0 Å². The molecule has 0 aromatic heterocycles. The van der Waals surface area contributed by atoms with E-state index < -0.39 is 0 Å². The fourth-order valence-corrected chi connectivity index (χ4v) is 2.47. The van der Waals surface area contributed by atoms with Crippen LogP contribution in [0.15, 0.2) is 18.2 Å². The highest BCUT2D eigenvalue weighted by Crippen LogP contribution is 2.22. The second kappa shape index (κ2) is 7.42. The summed E-state index contributed by atoms with van der Waals surface area (Å²) in [6.07, 6.45) is 1.99. The smallest absolute Gasteiger partial charge is 0.180 e. The van der Waals surface area contributed by atoms with Crippen LogP contribution < -0.4 is 5.32 Å². The fraction of sp³-hybridized carbons (Fsp3) is 0.611. The van der Waals surface area contributed by atoms with E-state index in [0.717, 1.165) is 18.4 Å². The summed E-state index contributed by atoms with van der Waals surface area (Å²) in [5.74, 6) is 0.357. The Morgan fingerprint density at radius 2 is 1.86 bits per heavy atom. The largest absolute Gasteiger partial charge is 0.302 e. The summed E-state index contributed by atoms with van der Waals surface area (Å²) in [5.41, 5.74) is 1.67. The minimum Gasteiger partial charge on any atom is -0.302 e. The highest BCUT2D eigenvalue weighted by Gasteiger charge is 2.30. The molecule has 0 aliphatic rings. The molecule has 1 rings (SSSR count). The van der Waals surface area contributed by atoms with Gasteiger partial charge in [-0.15, -0.1) is 0 Å².